The van der Waals surface area contributed by atoms with Crippen LogP contribution in [0.25, 0.3) is 0 Å². The van der Waals surface area contributed by atoms with E-state index in [0.29, 0.717) is 32.1 Å². The Bertz CT molecular complexity index is 468. The summed E-state index contributed by atoms with van der Waals surface area (Å²) >= 11 is 0. The summed E-state index contributed by atoms with van der Waals surface area (Å²) in [6, 6.07) is 0. The largest absolute Gasteiger partial charge is 1.00 e. The van der Waals surface area contributed by atoms with Gasteiger partial charge in [0.15, 0.2) is 0 Å². The van der Waals surface area contributed by atoms with E-state index in [1.165, 1.54) is 0 Å². The number of rotatable bonds is 17. The van der Waals surface area contributed by atoms with Gasteiger partial charge < -0.3 is 19.6 Å². The predicted molar refractivity (Wildman–Crippen MR) is 94.7 cm³/mol. The summed E-state index contributed by atoms with van der Waals surface area (Å²) in [6.45, 7) is 0. The van der Waals surface area contributed by atoms with Crippen LogP contribution in [-0.4, -0.2) is 35.9 Å². The molecule has 0 fully saturated rings. The number of aliphatic hydroxyl groups excluding tert-OH is 1. The van der Waals surface area contributed by atoms with E-state index in [1.54, 1.807) is 0 Å². The van der Waals surface area contributed by atoms with E-state index < -0.39 is 16.1 Å². The molecule has 0 amide bonds. The maximum Gasteiger partial charge on any atom is 1.00 e. The molecule has 0 saturated heterocycles. The zero-order valence-electron chi connectivity index (χ0n) is 17.0. The standard InChI is InChI=1S/C18H34O6S.2Na/c19-17(14-10-7-8-12-16-25(22,23)24)13-9-5-3-1-2-4-6-11-15-18(20)21;;/h5,9,17,19H,1-4,6-8,10-16H2,(H,20,21)(H,22,23,24);;/q;2*+1/p-2/b9-5-;;/t17-;;/m0../s1. The van der Waals surface area contributed by atoms with Gasteiger partial charge in [0.1, 0.15) is 0 Å². The number of carbonyl (C=O) groups is 1. The summed E-state index contributed by atoms with van der Waals surface area (Å²) in [5, 5.41) is 20.1. The fourth-order valence-corrected chi connectivity index (χ4v) is 3.12. The maximum absolute atomic E-state index is 10.4. The van der Waals surface area contributed by atoms with Crippen molar-refractivity contribution in [3.05, 3.63) is 12.2 Å². The Balaban J connectivity index is -0.00000288. The third-order valence-electron chi connectivity index (χ3n) is 4.01. The molecule has 0 spiro atoms. The minimum atomic E-state index is -4.09. The Morgan fingerprint density at radius 2 is 1.44 bits per heavy atom. The van der Waals surface area contributed by atoms with Gasteiger partial charge in [-0.25, -0.2) is 8.42 Å². The fraction of sp³-hybridized carbons (Fsp3) is 0.833. The first-order valence-electron chi connectivity index (χ1n) is 9.28. The summed E-state index contributed by atoms with van der Waals surface area (Å²) in [4.78, 5) is 10.2. The summed E-state index contributed by atoms with van der Waals surface area (Å²) in [6.07, 6.45) is 13.7. The predicted octanol–water partition coefficient (Wildman–Crippen LogP) is -3.72. The fourth-order valence-electron chi connectivity index (χ4n) is 2.56. The number of unbranched alkanes of at least 4 members (excludes halogenated alkanes) is 8. The monoisotopic (exact) mass is 422 g/mol. The van der Waals surface area contributed by atoms with Crippen LogP contribution in [0.4, 0.5) is 0 Å². The number of carboxylic acids is 1. The van der Waals surface area contributed by atoms with Crippen LogP contribution in [0.15, 0.2) is 12.2 Å². The molecule has 1 N–H and O–H groups in total. The molecular formula is C18H32Na2O6S. The van der Waals surface area contributed by atoms with Crippen LogP contribution in [0.3, 0.4) is 0 Å². The van der Waals surface area contributed by atoms with Crippen molar-refractivity contribution >= 4 is 16.1 Å². The van der Waals surface area contributed by atoms with Crippen LogP contribution in [0, 0.1) is 0 Å². The summed E-state index contributed by atoms with van der Waals surface area (Å²) in [7, 11) is -4.09. The van der Waals surface area contributed by atoms with Gasteiger partial charge >= 0.3 is 59.1 Å². The van der Waals surface area contributed by atoms with Crippen LogP contribution in [0.2, 0.25) is 0 Å². The van der Waals surface area contributed by atoms with Crippen molar-refractivity contribution in [1.82, 2.24) is 0 Å². The quantitative estimate of drug-likeness (QED) is 0.112. The first-order valence-corrected chi connectivity index (χ1v) is 10.9. The maximum atomic E-state index is 10.4. The zero-order chi connectivity index (χ0) is 19.0. The van der Waals surface area contributed by atoms with Gasteiger partial charge in [-0.05, 0) is 44.9 Å². The molecule has 0 aliphatic rings. The third kappa shape index (κ3) is 29.4. The molecule has 148 valence electrons. The molecule has 0 bridgehead atoms. The van der Waals surface area contributed by atoms with Crippen molar-refractivity contribution < 1.29 is 87.1 Å². The van der Waals surface area contributed by atoms with Gasteiger partial charge in [0.2, 0.25) is 0 Å². The molecule has 27 heavy (non-hydrogen) atoms. The number of aliphatic hydroxyl groups is 1. The SMILES string of the molecule is O=C([O-])CCCCCCC/C=C\C[C@H](O)CCCCCCS(=O)(=O)[O-].[Na+].[Na+]. The van der Waals surface area contributed by atoms with E-state index in [4.69, 9.17) is 0 Å². The molecule has 9 heteroatoms. The molecule has 0 rings (SSSR count). The second-order valence-electron chi connectivity index (χ2n) is 6.50. The van der Waals surface area contributed by atoms with Crippen LogP contribution < -0.4 is 64.2 Å². The molecule has 0 saturated carbocycles. The normalized spacial score (nSPS) is 12.4. The Kier molecular flexibility index (Phi) is 26.4. The van der Waals surface area contributed by atoms with Crippen molar-refractivity contribution in [2.45, 2.75) is 89.6 Å². The summed E-state index contributed by atoms with van der Waals surface area (Å²) in [5.41, 5.74) is 0. The molecule has 0 radical (unpaired) electrons. The Labute approximate surface area is 208 Å². The van der Waals surface area contributed by atoms with Gasteiger partial charge in [-0.15, -0.1) is 0 Å². The summed E-state index contributed by atoms with van der Waals surface area (Å²) in [5.74, 6) is -1.27. The second kappa shape index (κ2) is 21.8. The first-order chi connectivity index (χ1) is 11.8. The van der Waals surface area contributed by atoms with Gasteiger partial charge in [-0.3, -0.25) is 0 Å². The van der Waals surface area contributed by atoms with E-state index in [1.807, 2.05) is 6.08 Å². The molecule has 0 aromatic rings. The van der Waals surface area contributed by atoms with E-state index in [2.05, 4.69) is 6.08 Å². The Morgan fingerprint density at radius 1 is 0.889 bits per heavy atom. The van der Waals surface area contributed by atoms with Crippen molar-refractivity contribution in [3.8, 4) is 0 Å². The van der Waals surface area contributed by atoms with Crippen molar-refractivity contribution in [2.75, 3.05) is 5.75 Å². The number of hydrogen-bond donors (Lipinski definition) is 1. The van der Waals surface area contributed by atoms with Crippen LogP contribution in [0.5, 0.6) is 0 Å². The third-order valence-corrected chi connectivity index (χ3v) is 4.80. The number of hydrogen-bond acceptors (Lipinski definition) is 6. The summed E-state index contributed by atoms with van der Waals surface area (Å²) < 4.78 is 31.3. The average Bonchev–Trinajstić information content (AvgIpc) is 2.51. The molecular weight excluding hydrogens is 390 g/mol. The molecule has 0 aliphatic carbocycles. The van der Waals surface area contributed by atoms with Gasteiger partial charge in [-0.2, -0.15) is 0 Å². The van der Waals surface area contributed by atoms with Crippen LogP contribution in [0.1, 0.15) is 83.5 Å². The van der Waals surface area contributed by atoms with Crippen molar-refractivity contribution in [3.63, 3.8) is 0 Å². The average molecular weight is 422 g/mol. The van der Waals surface area contributed by atoms with E-state index in [0.717, 1.165) is 44.9 Å². The second-order valence-corrected chi connectivity index (χ2v) is 8.03. The molecule has 6 nitrogen and oxygen atoms in total. The van der Waals surface area contributed by atoms with Crippen LogP contribution >= 0.6 is 0 Å². The molecule has 0 aliphatic heterocycles. The van der Waals surface area contributed by atoms with E-state index in [9.17, 15) is 28.0 Å². The molecule has 1 atom stereocenters. The minimum absolute atomic E-state index is 0. The van der Waals surface area contributed by atoms with Crippen LogP contribution in [-0.2, 0) is 14.9 Å². The number of carbonyl (C=O) groups excluding carboxylic acids is 1. The van der Waals surface area contributed by atoms with E-state index in [-0.39, 0.29) is 77.4 Å². The van der Waals surface area contributed by atoms with Crippen molar-refractivity contribution in [2.24, 2.45) is 0 Å². The van der Waals surface area contributed by atoms with E-state index >= 15 is 0 Å². The minimum Gasteiger partial charge on any atom is -0.748 e. The zero-order valence-corrected chi connectivity index (χ0v) is 21.8. The number of allylic oxidation sites excluding steroid dienone is 1. The van der Waals surface area contributed by atoms with Gasteiger partial charge in [-0.1, -0.05) is 50.7 Å². The molecule has 0 aromatic carbocycles. The topological polar surface area (TPSA) is 118 Å². The Hall–Kier alpha value is 1.08. The molecule has 0 unspecified atom stereocenters. The Morgan fingerprint density at radius 3 is 2.07 bits per heavy atom. The smallest absolute Gasteiger partial charge is 0.748 e. The number of aliphatic carboxylic acids is 1. The van der Waals surface area contributed by atoms with Gasteiger partial charge in [0.05, 0.1) is 16.2 Å². The van der Waals surface area contributed by atoms with Gasteiger partial charge in [0, 0.05) is 11.7 Å². The van der Waals surface area contributed by atoms with Gasteiger partial charge in [0.25, 0.3) is 0 Å². The molecule has 0 heterocycles. The number of carboxylic acid groups (broad SMARTS) is 1. The first kappa shape index (κ1) is 32.7. The molecule has 0 aromatic heterocycles. The van der Waals surface area contributed by atoms with Crippen molar-refractivity contribution in [1.29, 1.82) is 0 Å².